The highest BCUT2D eigenvalue weighted by atomic mass is 32.2. The van der Waals surface area contributed by atoms with Crippen LogP contribution in [-0.4, -0.2) is 33.5 Å². The lowest BCUT2D eigenvalue weighted by Crippen LogP contribution is -2.24. The molecule has 0 aromatic heterocycles. The third kappa shape index (κ3) is 1.83. The van der Waals surface area contributed by atoms with Gasteiger partial charge in [0, 0.05) is 12.2 Å². The maximum atomic E-state index is 11.8. The molecule has 5 nitrogen and oxygen atoms in total. The number of rotatable bonds is 1. The molecule has 1 atom stereocenters. The van der Waals surface area contributed by atoms with Gasteiger partial charge in [-0.3, -0.25) is 9.71 Å². The van der Waals surface area contributed by atoms with E-state index in [2.05, 4.69) is 9.71 Å². The molecule has 1 saturated heterocycles. The van der Waals surface area contributed by atoms with Crippen LogP contribution in [0.15, 0.2) is 34.2 Å². The molecule has 1 unspecified atom stereocenters. The van der Waals surface area contributed by atoms with Gasteiger partial charge in [-0.05, 0) is 18.6 Å². The van der Waals surface area contributed by atoms with Gasteiger partial charge >= 0.3 is 0 Å². The Balaban J connectivity index is 2.04. The Morgan fingerprint density at radius 2 is 2.18 bits per heavy atom. The molecule has 1 aromatic carbocycles. The first-order valence-corrected chi connectivity index (χ1v) is 6.93. The van der Waals surface area contributed by atoms with Gasteiger partial charge in [-0.15, -0.1) is 0 Å². The monoisotopic (exact) mass is 252 g/mol. The van der Waals surface area contributed by atoms with E-state index in [1.807, 2.05) is 6.07 Å². The van der Waals surface area contributed by atoms with Crippen LogP contribution >= 0.6 is 0 Å². The summed E-state index contributed by atoms with van der Waals surface area (Å²) in [6.45, 7) is 1.25. The van der Waals surface area contributed by atoms with Crippen LogP contribution in [0, 0.1) is 0 Å². The zero-order chi connectivity index (χ0) is 11.9. The van der Waals surface area contributed by atoms with Gasteiger partial charge in [0.15, 0.2) is 0 Å². The van der Waals surface area contributed by atoms with Crippen LogP contribution in [-0.2, 0) is 14.8 Å². The highest BCUT2D eigenvalue weighted by Gasteiger charge is 2.31. The van der Waals surface area contributed by atoms with Crippen molar-refractivity contribution < 1.29 is 13.2 Å². The molecule has 6 heteroatoms. The van der Waals surface area contributed by atoms with Gasteiger partial charge in [-0.25, -0.2) is 8.42 Å². The lowest BCUT2D eigenvalue weighted by molar-refractivity contribution is 0.194. The van der Waals surface area contributed by atoms with Gasteiger partial charge in [-0.1, -0.05) is 12.1 Å². The summed E-state index contributed by atoms with van der Waals surface area (Å²) in [5, 5.41) is 0. The lowest BCUT2D eigenvalue weighted by atomic mass is 10.2. The summed E-state index contributed by atoms with van der Waals surface area (Å²) in [5.41, 5.74) is 0.652. The molecule has 17 heavy (non-hydrogen) atoms. The van der Waals surface area contributed by atoms with Gasteiger partial charge in [0.05, 0.1) is 17.5 Å². The molecule has 2 aliphatic rings. The summed E-state index contributed by atoms with van der Waals surface area (Å²) in [6, 6.07) is 6.92. The third-order valence-corrected chi connectivity index (χ3v) is 4.28. The first kappa shape index (κ1) is 10.7. The zero-order valence-corrected chi connectivity index (χ0v) is 9.90. The maximum Gasteiger partial charge on any atom is 0.263 e. The van der Waals surface area contributed by atoms with Crippen LogP contribution in [0.5, 0.6) is 0 Å². The van der Waals surface area contributed by atoms with Crippen molar-refractivity contribution in [2.75, 3.05) is 13.2 Å². The molecule has 0 spiro atoms. The fourth-order valence-corrected chi connectivity index (χ4v) is 3.28. The Hall–Kier alpha value is -1.40. The summed E-state index contributed by atoms with van der Waals surface area (Å²) < 4.78 is 31.3. The SMILES string of the molecule is O=S1(=O)NC(=NC2CCOC2)c2ccccc21. The molecule has 3 rings (SSSR count). The second-order valence-electron chi connectivity index (χ2n) is 4.10. The minimum atomic E-state index is -3.42. The largest absolute Gasteiger partial charge is 0.379 e. The maximum absolute atomic E-state index is 11.8. The van der Waals surface area contributed by atoms with E-state index in [1.54, 1.807) is 18.2 Å². The Labute approximate surface area is 99.6 Å². The molecule has 90 valence electrons. The molecule has 2 heterocycles. The van der Waals surface area contributed by atoms with Gasteiger partial charge in [0.25, 0.3) is 10.0 Å². The van der Waals surface area contributed by atoms with E-state index in [9.17, 15) is 8.42 Å². The Morgan fingerprint density at radius 3 is 2.94 bits per heavy atom. The summed E-state index contributed by atoms with van der Waals surface area (Å²) in [6.07, 6.45) is 0.841. The number of ether oxygens (including phenoxy) is 1. The Kier molecular flexibility index (Phi) is 2.41. The summed E-state index contributed by atoms with van der Waals surface area (Å²) in [5.74, 6) is 0.441. The molecular formula is C11H12N2O3S. The molecular weight excluding hydrogens is 240 g/mol. The van der Waals surface area contributed by atoms with Crippen LogP contribution in [0.25, 0.3) is 0 Å². The average molecular weight is 252 g/mol. The topological polar surface area (TPSA) is 67.8 Å². The van der Waals surface area contributed by atoms with Gasteiger partial charge in [0.2, 0.25) is 0 Å². The fourth-order valence-electron chi connectivity index (χ4n) is 2.04. The van der Waals surface area contributed by atoms with Crippen molar-refractivity contribution in [1.29, 1.82) is 0 Å². The Morgan fingerprint density at radius 1 is 1.35 bits per heavy atom. The quantitative estimate of drug-likeness (QED) is 0.792. The van der Waals surface area contributed by atoms with Crippen molar-refractivity contribution in [1.82, 2.24) is 4.72 Å². The summed E-state index contributed by atoms with van der Waals surface area (Å²) in [7, 11) is -3.42. The van der Waals surface area contributed by atoms with Crippen molar-refractivity contribution in [3.8, 4) is 0 Å². The molecule has 1 aromatic rings. The summed E-state index contributed by atoms with van der Waals surface area (Å²) in [4.78, 5) is 4.72. The molecule has 1 N–H and O–H groups in total. The van der Waals surface area contributed by atoms with Crippen LogP contribution in [0.4, 0.5) is 0 Å². The van der Waals surface area contributed by atoms with Crippen molar-refractivity contribution in [2.45, 2.75) is 17.4 Å². The van der Waals surface area contributed by atoms with Crippen molar-refractivity contribution in [3.63, 3.8) is 0 Å². The predicted molar refractivity (Wildman–Crippen MR) is 62.5 cm³/mol. The average Bonchev–Trinajstić information content (AvgIpc) is 2.88. The molecule has 0 radical (unpaired) electrons. The van der Waals surface area contributed by atoms with E-state index in [0.29, 0.717) is 29.5 Å². The fraction of sp³-hybridized carbons (Fsp3) is 0.364. The van der Waals surface area contributed by atoms with Gasteiger partial charge < -0.3 is 4.74 Å². The number of fused-ring (bicyclic) bond motifs is 1. The smallest absolute Gasteiger partial charge is 0.263 e. The molecule has 1 fully saturated rings. The standard InChI is InChI=1S/C11H12N2O3S/c14-17(15)10-4-2-1-3-9(10)11(13-17)12-8-5-6-16-7-8/h1-4,8H,5-7H2,(H,12,13). The number of benzene rings is 1. The minimum Gasteiger partial charge on any atom is -0.379 e. The van der Waals surface area contributed by atoms with Crippen molar-refractivity contribution in [2.24, 2.45) is 4.99 Å². The van der Waals surface area contributed by atoms with E-state index in [-0.39, 0.29) is 6.04 Å². The number of sulfonamides is 1. The predicted octanol–water partition coefficient (Wildman–Crippen LogP) is 0.514. The molecule has 2 aliphatic heterocycles. The highest BCUT2D eigenvalue weighted by Crippen LogP contribution is 2.23. The normalized spacial score (nSPS) is 28.0. The molecule has 0 amide bonds. The summed E-state index contributed by atoms with van der Waals surface area (Å²) >= 11 is 0. The first-order chi connectivity index (χ1) is 8.17. The third-order valence-electron chi connectivity index (χ3n) is 2.88. The molecule has 0 bridgehead atoms. The number of nitrogens with one attached hydrogen (secondary N) is 1. The van der Waals surface area contributed by atoms with Crippen LogP contribution in [0.2, 0.25) is 0 Å². The van der Waals surface area contributed by atoms with E-state index < -0.39 is 10.0 Å². The van der Waals surface area contributed by atoms with E-state index in [0.717, 1.165) is 6.42 Å². The second-order valence-corrected chi connectivity index (χ2v) is 5.75. The molecule has 0 saturated carbocycles. The zero-order valence-electron chi connectivity index (χ0n) is 9.09. The number of nitrogens with zero attached hydrogens (tertiary/aromatic N) is 1. The van der Waals surface area contributed by atoms with E-state index in [1.165, 1.54) is 0 Å². The van der Waals surface area contributed by atoms with E-state index >= 15 is 0 Å². The van der Waals surface area contributed by atoms with Crippen molar-refractivity contribution >= 4 is 15.9 Å². The second kappa shape index (κ2) is 3.82. The van der Waals surface area contributed by atoms with Gasteiger partial charge in [-0.2, -0.15) is 0 Å². The van der Waals surface area contributed by atoms with Crippen LogP contribution in [0.1, 0.15) is 12.0 Å². The number of aliphatic imine (C=N–C) groups is 1. The van der Waals surface area contributed by atoms with Crippen LogP contribution in [0.3, 0.4) is 0 Å². The van der Waals surface area contributed by atoms with E-state index in [4.69, 9.17) is 4.74 Å². The highest BCUT2D eigenvalue weighted by molar-refractivity contribution is 7.90. The number of hydrogen-bond acceptors (Lipinski definition) is 4. The first-order valence-electron chi connectivity index (χ1n) is 5.44. The van der Waals surface area contributed by atoms with Gasteiger partial charge in [0.1, 0.15) is 5.84 Å². The van der Waals surface area contributed by atoms with Crippen molar-refractivity contribution in [3.05, 3.63) is 29.8 Å². The number of amidine groups is 1. The van der Waals surface area contributed by atoms with Crippen LogP contribution < -0.4 is 4.72 Å². The number of hydrogen-bond donors (Lipinski definition) is 1. The molecule has 0 aliphatic carbocycles. The lowest BCUT2D eigenvalue weighted by Gasteiger charge is -2.03. The Bertz CT molecular complexity index is 574. The minimum absolute atomic E-state index is 0.0545.